The van der Waals surface area contributed by atoms with Gasteiger partial charge in [0.25, 0.3) is 0 Å². The highest BCUT2D eigenvalue weighted by Gasteiger charge is 2.17. The summed E-state index contributed by atoms with van der Waals surface area (Å²) in [6.07, 6.45) is 8.44. The molecule has 1 aliphatic rings. The van der Waals surface area contributed by atoms with Crippen LogP contribution in [0.3, 0.4) is 0 Å². The van der Waals surface area contributed by atoms with Gasteiger partial charge in [0.05, 0.1) is 5.69 Å². The molecule has 2 N–H and O–H groups in total. The van der Waals surface area contributed by atoms with Crippen LogP contribution in [0.4, 0.5) is 17.5 Å². The number of hydrogen-bond donors (Lipinski definition) is 2. The number of anilines is 3. The predicted octanol–water partition coefficient (Wildman–Crippen LogP) is 5.91. The van der Waals surface area contributed by atoms with Gasteiger partial charge in [0.1, 0.15) is 5.82 Å². The number of nitrogens with one attached hydrogen (secondary N) is 2. The summed E-state index contributed by atoms with van der Waals surface area (Å²) in [4.78, 5) is 13.7. The number of aromatic nitrogens is 3. The van der Waals surface area contributed by atoms with Gasteiger partial charge in [-0.25, -0.2) is 4.98 Å². The minimum Gasteiger partial charge on any atom is -0.351 e. The zero-order valence-electron chi connectivity index (χ0n) is 16.2. The fourth-order valence-electron chi connectivity index (χ4n) is 3.73. The second-order valence-electron chi connectivity index (χ2n) is 7.37. The van der Waals surface area contributed by atoms with E-state index in [0.717, 1.165) is 38.9 Å². The van der Waals surface area contributed by atoms with Crippen molar-refractivity contribution in [3.8, 4) is 11.3 Å². The Morgan fingerprint density at radius 2 is 1.79 bits per heavy atom. The minimum atomic E-state index is 0.441. The third-order valence-corrected chi connectivity index (χ3v) is 5.34. The Balaban J connectivity index is 1.71. The first-order valence-electron chi connectivity index (χ1n) is 9.68. The van der Waals surface area contributed by atoms with Crippen molar-refractivity contribution in [2.45, 2.75) is 45.6 Å². The first-order valence-corrected chi connectivity index (χ1v) is 10.1. The molecule has 3 aromatic rings. The molecule has 1 saturated carbocycles. The van der Waals surface area contributed by atoms with E-state index in [1.54, 1.807) is 6.20 Å². The molecule has 0 amide bonds. The summed E-state index contributed by atoms with van der Waals surface area (Å²) in [5.74, 6) is 1.41. The number of rotatable bonds is 5. The number of pyridine rings is 1. The Morgan fingerprint density at radius 1 is 1.04 bits per heavy atom. The molecule has 1 aliphatic carbocycles. The lowest BCUT2D eigenvalue weighted by Gasteiger charge is -2.17. The van der Waals surface area contributed by atoms with Gasteiger partial charge in [0, 0.05) is 40.8 Å². The molecule has 2 aromatic heterocycles. The van der Waals surface area contributed by atoms with E-state index < -0.39 is 0 Å². The Labute approximate surface area is 170 Å². The van der Waals surface area contributed by atoms with Crippen LogP contribution >= 0.6 is 11.6 Å². The Kier molecular flexibility index (Phi) is 5.44. The predicted molar refractivity (Wildman–Crippen MR) is 115 cm³/mol. The summed E-state index contributed by atoms with van der Waals surface area (Å²) < 4.78 is 0. The molecule has 1 aromatic carbocycles. The second kappa shape index (κ2) is 8.15. The fraction of sp³-hybridized carbons (Fsp3) is 0.318. The summed E-state index contributed by atoms with van der Waals surface area (Å²) in [6.45, 7) is 4.09. The van der Waals surface area contributed by atoms with Crippen LogP contribution in [-0.2, 0) is 0 Å². The summed E-state index contributed by atoms with van der Waals surface area (Å²) in [7, 11) is 0. The molecule has 0 unspecified atom stereocenters. The lowest BCUT2D eigenvalue weighted by molar-refractivity contribution is 0.744. The first kappa shape index (κ1) is 18.7. The van der Waals surface area contributed by atoms with Crippen molar-refractivity contribution < 1.29 is 0 Å². The molecule has 2 heterocycles. The van der Waals surface area contributed by atoms with E-state index in [0.29, 0.717) is 12.0 Å². The molecule has 0 bridgehead atoms. The fourth-order valence-corrected chi connectivity index (χ4v) is 4.05. The van der Waals surface area contributed by atoms with Gasteiger partial charge < -0.3 is 10.6 Å². The molecule has 0 radical (unpaired) electrons. The van der Waals surface area contributed by atoms with E-state index in [4.69, 9.17) is 21.6 Å². The van der Waals surface area contributed by atoms with Gasteiger partial charge in [-0.2, -0.15) is 4.98 Å². The average molecular weight is 394 g/mol. The summed E-state index contributed by atoms with van der Waals surface area (Å²) in [5, 5.41) is 7.72. The van der Waals surface area contributed by atoms with Gasteiger partial charge in [-0.05, 0) is 62.1 Å². The SMILES string of the molecule is Cc1cc(Cl)cc(C)c1Nc1cc(-c2cccnc2)nc(NC2CCCC2)n1. The van der Waals surface area contributed by atoms with Gasteiger partial charge in [-0.15, -0.1) is 0 Å². The van der Waals surface area contributed by atoms with Crippen molar-refractivity contribution in [3.63, 3.8) is 0 Å². The summed E-state index contributed by atoms with van der Waals surface area (Å²) in [5.41, 5.74) is 4.99. The van der Waals surface area contributed by atoms with Crippen LogP contribution in [0, 0.1) is 13.8 Å². The first-order chi connectivity index (χ1) is 13.6. The molecule has 5 nitrogen and oxygen atoms in total. The van der Waals surface area contributed by atoms with Crippen LogP contribution in [0.2, 0.25) is 5.02 Å². The Hall–Kier alpha value is -2.66. The number of nitrogens with zero attached hydrogens (tertiary/aromatic N) is 3. The molecule has 0 saturated heterocycles. The van der Waals surface area contributed by atoms with Gasteiger partial charge in [-0.3, -0.25) is 4.98 Å². The van der Waals surface area contributed by atoms with Crippen LogP contribution in [0.15, 0.2) is 42.7 Å². The molecule has 144 valence electrons. The minimum absolute atomic E-state index is 0.441. The van der Waals surface area contributed by atoms with Gasteiger partial charge in [-0.1, -0.05) is 24.4 Å². The maximum atomic E-state index is 6.18. The highest BCUT2D eigenvalue weighted by molar-refractivity contribution is 6.30. The van der Waals surface area contributed by atoms with Crippen molar-refractivity contribution in [1.29, 1.82) is 0 Å². The zero-order valence-corrected chi connectivity index (χ0v) is 16.9. The molecular weight excluding hydrogens is 370 g/mol. The molecule has 0 aliphatic heterocycles. The number of hydrogen-bond acceptors (Lipinski definition) is 5. The van der Waals surface area contributed by atoms with Crippen LogP contribution in [0.1, 0.15) is 36.8 Å². The van der Waals surface area contributed by atoms with Crippen molar-refractivity contribution in [1.82, 2.24) is 15.0 Å². The number of halogens is 1. The van der Waals surface area contributed by atoms with E-state index in [2.05, 4.69) is 15.6 Å². The van der Waals surface area contributed by atoms with Crippen LogP contribution in [-0.4, -0.2) is 21.0 Å². The quantitative estimate of drug-likeness (QED) is 0.564. The van der Waals surface area contributed by atoms with Gasteiger partial charge in [0.15, 0.2) is 0 Å². The van der Waals surface area contributed by atoms with E-state index in [1.165, 1.54) is 25.7 Å². The number of benzene rings is 1. The van der Waals surface area contributed by atoms with E-state index >= 15 is 0 Å². The van der Waals surface area contributed by atoms with Crippen molar-refractivity contribution in [2.24, 2.45) is 0 Å². The van der Waals surface area contributed by atoms with Crippen molar-refractivity contribution >= 4 is 29.1 Å². The Bertz CT molecular complexity index is 945. The molecule has 1 fully saturated rings. The van der Waals surface area contributed by atoms with Crippen molar-refractivity contribution in [2.75, 3.05) is 10.6 Å². The van der Waals surface area contributed by atoms with Crippen molar-refractivity contribution in [3.05, 3.63) is 58.9 Å². The van der Waals surface area contributed by atoms with Gasteiger partial charge >= 0.3 is 0 Å². The maximum absolute atomic E-state index is 6.18. The van der Waals surface area contributed by atoms with E-state index in [1.807, 2.05) is 50.4 Å². The lowest BCUT2D eigenvalue weighted by atomic mass is 10.1. The van der Waals surface area contributed by atoms with Gasteiger partial charge in [0.2, 0.25) is 5.95 Å². The average Bonchev–Trinajstić information content (AvgIpc) is 3.18. The topological polar surface area (TPSA) is 62.7 Å². The third kappa shape index (κ3) is 4.25. The standard InChI is InChI=1S/C22H24ClN5/c1-14-10-17(23)11-15(2)21(14)27-20-12-19(16-6-5-9-24-13-16)26-22(28-20)25-18-7-3-4-8-18/h5-6,9-13,18H,3-4,7-8H2,1-2H3,(H2,25,26,27,28). The molecule has 0 atom stereocenters. The molecule has 6 heteroatoms. The summed E-state index contributed by atoms with van der Waals surface area (Å²) in [6, 6.07) is 10.2. The van der Waals surface area contributed by atoms with Crippen LogP contribution < -0.4 is 10.6 Å². The zero-order chi connectivity index (χ0) is 19.5. The molecular formula is C22H24ClN5. The monoisotopic (exact) mass is 393 g/mol. The van der Waals surface area contributed by atoms with Crippen LogP contribution in [0.5, 0.6) is 0 Å². The van der Waals surface area contributed by atoms with E-state index in [9.17, 15) is 0 Å². The second-order valence-corrected chi connectivity index (χ2v) is 7.81. The smallest absolute Gasteiger partial charge is 0.225 e. The highest BCUT2D eigenvalue weighted by atomic mass is 35.5. The molecule has 4 rings (SSSR count). The molecule has 28 heavy (non-hydrogen) atoms. The lowest BCUT2D eigenvalue weighted by Crippen LogP contribution is -2.17. The largest absolute Gasteiger partial charge is 0.351 e. The summed E-state index contributed by atoms with van der Waals surface area (Å²) >= 11 is 6.18. The number of aryl methyl sites for hydroxylation is 2. The Morgan fingerprint density at radius 3 is 2.46 bits per heavy atom. The van der Waals surface area contributed by atoms with Crippen LogP contribution in [0.25, 0.3) is 11.3 Å². The maximum Gasteiger partial charge on any atom is 0.225 e. The normalized spacial score (nSPS) is 14.2. The van der Waals surface area contributed by atoms with E-state index in [-0.39, 0.29) is 0 Å². The third-order valence-electron chi connectivity index (χ3n) is 5.12. The highest BCUT2D eigenvalue weighted by Crippen LogP contribution is 2.30. The molecule has 0 spiro atoms.